The van der Waals surface area contributed by atoms with Gasteiger partial charge in [0.05, 0.1) is 0 Å². The van der Waals surface area contributed by atoms with Gasteiger partial charge in [0.25, 0.3) is 5.56 Å². The molecule has 2 aliphatic carbocycles. The molecule has 1 atom stereocenters. The van der Waals surface area contributed by atoms with Crippen molar-refractivity contribution in [1.29, 1.82) is 0 Å². The number of hydrogen-bond donors (Lipinski definition) is 3. The molecule has 39 heavy (non-hydrogen) atoms. The first-order valence-corrected chi connectivity index (χ1v) is 15.3. The number of nitrogens with one attached hydrogen (secondary N) is 2. The van der Waals surface area contributed by atoms with E-state index in [4.69, 9.17) is 10.7 Å². The molecule has 0 saturated carbocycles. The van der Waals surface area contributed by atoms with Gasteiger partial charge in [-0.25, -0.2) is 0 Å². The molecular weight excluding hydrogens is 504 g/mol. The van der Waals surface area contributed by atoms with Crippen molar-refractivity contribution in [2.75, 3.05) is 18.0 Å². The Labute approximate surface area is 232 Å². The zero-order valence-electron chi connectivity index (χ0n) is 22.6. The second kappa shape index (κ2) is 9.75. The number of aromatic nitrogens is 4. The summed E-state index contributed by atoms with van der Waals surface area (Å²) < 4.78 is 0. The molecule has 1 saturated heterocycles. The third kappa shape index (κ3) is 4.16. The standard InChI is InChI=1S/C31H36N6OS/c1-2-3-4-9-20-17-23-22(11-7-12-24(23)39-20)26-25-28(36-35-26)33-30(34-29(25)38)37-15-13-31(14-16-37)18-19-8-5-6-10-21(19)27(31)32/h5-6,8,10-11,17,27H,2-4,7,9,12-16,18,32H2,1H3,(H2,33,34,35,36,38)/t27-/m1/s1. The number of nitrogens with zero attached hydrogens (tertiary/aromatic N) is 3. The quantitative estimate of drug-likeness (QED) is 0.274. The van der Waals surface area contributed by atoms with E-state index in [2.05, 4.69) is 63.4 Å². The Balaban J connectivity index is 1.13. The van der Waals surface area contributed by atoms with E-state index in [0.717, 1.165) is 62.9 Å². The van der Waals surface area contributed by atoms with Crippen molar-refractivity contribution >= 4 is 33.9 Å². The van der Waals surface area contributed by atoms with Crippen molar-refractivity contribution in [3.63, 3.8) is 0 Å². The normalized spacial score (nSPS) is 19.9. The minimum atomic E-state index is -0.129. The summed E-state index contributed by atoms with van der Waals surface area (Å²) in [6.45, 7) is 3.88. The lowest BCUT2D eigenvalue weighted by molar-refractivity contribution is 0.187. The number of nitrogens with two attached hydrogens (primary N) is 1. The van der Waals surface area contributed by atoms with E-state index in [1.165, 1.54) is 45.7 Å². The molecule has 3 aromatic heterocycles. The Bertz CT molecular complexity index is 1620. The average Bonchev–Trinajstić information content (AvgIpc) is 3.64. The molecule has 1 spiro atoms. The van der Waals surface area contributed by atoms with Gasteiger partial charge in [-0.1, -0.05) is 50.1 Å². The third-order valence-corrected chi connectivity index (χ3v) is 10.5. The van der Waals surface area contributed by atoms with E-state index in [1.807, 2.05) is 11.3 Å². The predicted octanol–water partition coefficient (Wildman–Crippen LogP) is 5.66. The maximum atomic E-state index is 13.5. The second-order valence-corrected chi connectivity index (χ2v) is 12.8. The molecule has 1 fully saturated rings. The van der Waals surface area contributed by atoms with Crippen LogP contribution in [0.15, 0.2) is 41.2 Å². The molecular formula is C31H36N6OS. The van der Waals surface area contributed by atoms with E-state index in [0.29, 0.717) is 17.0 Å². The summed E-state index contributed by atoms with van der Waals surface area (Å²) in [5, 5.41) is 8.28. The van der Waals surface area contributed by atoms with Crippen molar-refractivity contribution in [2.45, 2.75) is 70.8 Å². The zero-order valence-corrected chi connectivity index (χ0v) is 23.4. The van der Waals surface area contributed by atoms with E-state index >= 15 is 0 Å². The van der Waals surface area contributed by atoms with Crippen LogP contribution in [-0.2, 0) is 19.3 Å². The molecule has 0 unspecified atom stereocenters. The third-order valence-electron chi connectivity index (χ3n) is 9.22. The van der Waals surface area contributed by atoms with Crippen molar-refractivity contribution < 1.29 is 0 Å². The first-order chi connectivity index (χ1) is 19.1. The number of aryl methyl sites for hydroxylation is 2. The van der Waals surface area contributed by atoms with Gasteiger partial charge >= 0.3 is 0 Å². The van der Waals surface area contributed by atoms with Crippen LogP contribution in [0.5, 0.6) is 0 Å². The van der Waals surface area contributed by atoms with Gasteiger partial charge in [0.2, 0.25) is 5.95 Å². The Morgan fingerprint density at radius 3 is 2.87 bits per heavy atom. The van der Waals surface area contributed by atoms with Gasteiger partial charge in [0.1, 0.15) is 11.1 Å². The van der Waals surface area contributed by atoms with Crippen molar-refractivity contribution in [2.24, 2.45) is 11.1 Å². The lowest BCUT2D eigenvalue weighted by Gasteiger charge is -2.42. The molecule has 1 aliphatic heterocycles. The van der Waals surface area contributed by atoms with E-state index in [9.17, 15) is 4.79 Å². The Morgan fingerprint density at radius 2 is 2.05 bits per heavy atom. The molecule has 7 nitrogen and oxygen atoms in total. The average molecular weight is 541 g/mol. The molecule has 0 radical (unpaired) electrons. The van der Waals surface area contributed by atoms with Gasteiger partial charge in [-0.3, -0.25) is 14.9 Å². The Kier molecular flexibility index (Phi) is 6.20. The predicted molar refractivity (Wildman–Crippen MR) is 158 cm³/mol. The van der Waals surface area contributed by atoms with Gasteiger partial charge in [0, 0.05) is 34.5 Å². The van der Waals surface area contributed by atoms with Crippen LogP contribution in [0.3, 0.4) is 0 Å². The van der Waals surface area contributed by atoms with Crippen LogP contribution in [0.2, 0.25) is 0 Å². The number of fused-ring (bicyclic) bond motifs is 3. The fraction of sp³-hybridized carbons (Fsp3) is 0.452. The highest BCUT2D eigenvalue weighted by Crippen LogP contribution is 2.50. The molecule has 4 heterocycles. The highest BCUT2D eigenvalue weighted by Gasteiger charge is 2.46. The molecule has 7 rings (SSSR count). The fourth-order valence-electron chi connectivity index (χ4n) is 6.99. The van der Waals surface area contributed by atoms with Crippen LogP contribution in [-0.4, -0.2) is 33.3 Å². The van der Waals surface area contributed by atoms with Crippen molar-refractivity contribution in [3.8, 4) is 0 Å². The van der Waals surface area contributed by atoms with Crippen LogP contribution in [0, 0.1) is 5.41 Å². The smallest absolute Gasteiger partial charge is 0.264 e. The summed E-state index contributed by atoms with van der Waals surface area (Å²) in [6.07, 6.45) is 12.1. The number of hydrogen-bond acceptors (Lipinski definition) is 6. The lowest BCUT2D eigenvalue weighted by Crippen LogP contribution is -2.45. The van der Waals surface area contributed by atoms with Crippen LogP contribution < -0.4 is 16.2 Å². The summed E-state index contributed by atoms with van der Waals surface area (Å²) >= 11 is 1.93. The molecule has 202 valence electrons. The first kappa shape index (κ1) is 24.8. The van der Waals surface area contributed by atoms with E-state index < -0.39 is 0 Å². The van der Waals surface area contributed by atoms with Gasteiger partial charge in [0.15, 0.2) is 5.65 Å². The summed E-state index contributed by atoms with van der Waals surface area (Å²) in [6, 6.07) is 11.0. The molecule has 0 bridgehead atoms. The van der Waals surface area contributed by atoms with E-state index in [1.54, 1.807) is 0 Å². The maximum Gasteiger partial charge on any atom is 0.264 e. The van der Waals surface area contributed by atoms with Crippen LogP contribution >= 0.6 is 11.3 Å². The largest absolute Gasteiger partial charge is 0.342 e. The zero-order chi connectivity index (χ0) is 26.6. The number of thiophene rings is 1. The number of H-pyrrole nitrogens is 2. The topological polar surface area (TPSA) is 104 Å². The summed E-state index contributed by atoms with van der Waals surface area (Å²) in [4.78, 5) is 26.5. The van der Waals surface area contributed by atoms with Gasteiger partial charge in [-0.2, -0.15) is 10.1 Å². The van der Waals surface area contributed by atoms with Crippen molar-refractivity contribution in [3.05, 3.63) is 78.9 Å². The Hall–Kier alpha value is -3.23. The fourth-order valence-corrected chi connectivity index (χ4v) is 8.23. The molecule has 4 aromatic rings. The molecule has 8 heteroatoms. The summed E-state index contributed by atoms with van der Waals surface area (Å²) in [7, 11) is 0. The molecule has 4 N–H and O–H groups in total. The number of anilines is 1. The Morgan fingerprint density at radius 1 is 1.21 bits per heavy atom. The number of unbranched alkanes of at least 4 members (excludes halogenated alkanes) is 2. The summed E-state index contributed by atoms with van der Waals surface area (Å²) in [5.74, 6) is 0.619. The minimum Gasteiger partial charge on any atom is -0.342 e. The van der Waals surface area contributed by atoms with Gasteiger partial charge in [-0.15, -0.1) is 11.3 Å². The van der Waals surface area contributed by atoms with Crippen LogP contribution in [0.1, 0.15) is 83.6 Å². The maximum absolute atomic E-state index is 13.5. The lowest BCUT2D eigenvalue weighted by atomic mass is 9.73. The molecule has 3 aliphatic rings. The highest BCUT2D eigenvalue weighted by molar-refractivity contribution is 7.12. The minimum absolute atomic E-state index is 0.0680. The number of aromatic amines is 2. The summed E-state index contributed by atoms with van der Waals surface area (Å²) in [5.41, 5.74) is 13.0. The number of rotatable bonds is 6. The van der Waals surface area contributed by atoms with Gasteiger partial charge in [-0.05, 0) is 73.1 Å². The molecule has 1 aromatic carbocycles. The molecule has 0 amide bonds. The second-order valence-electron chi connectivity index (χ2n) is 11.6. The van der Waals surface area contributed by atoms with Crippen LogP contribution in [0.4, 0.5) is 5.95 Å². The highest BCUT2D eigenvalue weighted by atomic mass is 32.1. The number of allylic oxidation sites excluding steroid dienone is 1. The van der Waals surface area contributed by atoms with Crippen molar-refractivity contribution in [1.82, 2.24) is 20.2 Å². The SMILES string of the molecule is CCCCCc1cc2c(s1)CCC=C2c1n[nH]c2nc(N3CCC4(CC3)Cc3ccccc3[C@H]4N)[nH]c(=O)c12. The van der Waals surface area contributed by atoms with Gasteiger partial charge < -0.3 is 10.6 Å². The monoisotopic (exact) mass is 540 g/mol. The number of benzene rings is 1. The van der Waals surface area contributed by atoms with E-state index in [-0.39, 0.29) is 17.0 Å². The number of piperidine rings is 1. The first-order valence-electron chi connectivity index (χ1n) is 14.5. The van der Waals surface area contributed by atoms with Crippen LogP contribution in [0.25, 0.3) is 16.6 Å².